The molecule has 13 heavy (non-hydrogen) atoms. The van der Waals surface area contributed by atoms with Gasteiger partial charge in [-0.1, -0.05) is 38.1 Å². The van der Waals surface area contributed by atoms with Crippen molar-refractivity contribution in [3.8, 4) is 0 Å². The lowest BCUT2D eigenvalue weighted by atomic mass is 10.1. The fraction of sp³-hybridized carbons (Fsp3) is 0.455. The molecule has 1 nitrogen and oxygen atoms in total. The van der Waals surface area contributed by atoms with Crippen molar-refractivity contribution in [2.75, 3.05) is 0 Å². The van der Waals surface area contributed by atoms with Crippen molar-refractivity contribution >= 4 is 11.8 Å². The summed E-state index contributed by atoms with van der Waals surface area (Å²) in [5, 5.41) is 0.696. The van der Waals surface area contributed by atoms with Crippen LogP contribution < -0.4 is 5.73 Å². The second-order valence-electron chi connectivity index (χ2n) is 3.38. The molecule has 0 fully saturated rings. The summed E-state index contributed by atoms with van der Waals surface area (Å²) in [5.41, 5.74) is 8.17. The van der Waals surface area contributed by atoms with Gasteiger partial charge in [0.2, 0.25) is 0 Å². The third-order valence-corrected chi connectivity index (χ3v) is 2.98. The Hall–Kier alpha value is -0.470. The van der Waals surface area contributed by atoms with Gasteiger partial charge in [0.1, 0.15) is 0 Å². The average Bonchev–Trinajstić information content (AvgIpc) is 2.15. The quantitative estimate of drug-likeness (QED) is 0.799. The number of rotatable bonds is 4. The third-order valence-electron chi connectivity index (χ3n) is 1.81. The van der Waals surface area contributed by atoms with Gasteiger partial charge in [-0.05, 0) is 16.4 Å². The van der Waals surface area contributed by atoms with E-state index in [2.05, 4.69) is 38.1 Å². The zero-order valence-corrected chi connectivity index (χ0v) is 9.10. The summed E-state index contributed by atoms with van der Waals surface area (Å²) in [5.74, 6) is 1.09. The third kappa shape index (κ3) is 3.83. The second kappa shape index (κ2) is 5.30. The Bertz CT molecular complexity index is 258. The summed E-state index contributed by atoms with van der Waals surface area (Å²) in [4.78, 5) is 0. The lowest BCUT2D eigenvalue weighted by molar-refractivity contribution is 1.06. The van der Waals surface area contributed by atoms with Gasteiger partial charge in [0.15, 0.2) is 0 Å². The van der Waals surface area contributed by atoms with Crippen molar-refractivity contribution < 1.29 is 0 Å². The maximum absolute atomic E-state index is 5.57. The van der Waals surface area contributed by atoms with E-state index in [1.54, 1.807) is 0 Å². The fourth-order valence-electron chi connectivity index (χ4n) is 1.11. The number of thioether (sulfide) groups is 1. The predicted octanol–water partition coefficient (Wildman–Crippen LogP) is 2.79. The van der Waals surface area contributed by atoms with Gasteiger partial charge in [-0.25, -0.2) is 0 Å². The molecule has 2 heteroatoms. The van der Waals surface area contributed by atoms with Gasteiger partial charge >= 0.3 is 0 Å². The lowest BCUT2D eigenvalue weighted by Crippen LogP contribution is -1.97. The van der Waals surface area contributed by atoms with Crippen LogP contribution in [0.25, 0.3) is 0 Å². The zero-order valence-electron chi connectivity index (χ0n) is 8.29. The molecule has 0 aromatic heterocycles. The molecule has 1 aromatic carbocycles. The van der Waals surface area contributed by atoms with E-state index in [0.29, 0.717) is 11.8 Å². The van der Waals surface area contributed by atoms with Crippen molar-refractivity contribution in [3.05, 3.63) is 35.4 Å². The van der Waals surface area contributed by atoms with E-state index < -0.39 is 0 Å². The van der Waals surface area contributed by atoms with Gasteiger partial charge in [-0.2, -0.15) is 11.8 Å². The highest BCUT2D eigenvalue weighted by Gasteiger charge is 1.97. The molecular formula is C11H17NS. The molecule has 0 saturated carbocycles. The van der Waals surface area contributed by atoms with Crippen LogP contribution in [0.1, 0.15) is 25.0 Å². The highest BCUT2D eigenvalue weighted by molar-refractivity contribution is 7.99. The van der Waals surface area contributed by atoms with Crippen molar-refractivity contribution in [1.82, 2.24) is 0 Å². The zero-order chi connectivity index (χ0) is 9.68. The van der Waals surface area contributed by atoms with Crippen LogP contribution >= 0.6 is 11.8 Å². The maximum Gasteiger partial charge on any atom is 0.0187 e. The summed E-state index contributed by atoms with van der Waals surface area (Å²) in [6, 6.07) is 8.51. The van der Waals surface area contributed by atoms with Gasteiger partial charge in [0, 0.05) is 12.3 Å². The van der Waals surface area contributed by atoms with Gasteiger partial charge < -0.3 is 5.73 Å². The van der Waals surface area contributed by atoms with Crippen LogP contribution in [0.4, 0.5) is 0 Å². The predicted molar refractivity (Wildman–Crippen MR) is 60.8 cm³/mol. The number of hydrogen-bond donors (Lipinski definition) is 1. The minimum Gasteiger partial charge on any atom is -0.326 e. The van der Waals surface area contributed by atoms with Crippen molar-refractivity contribution in [2.24, 2.45) is 5.73 Å². The summed E-state index contributed by atoms with van der Waals surface area (Å²) in [6.07, 6.45) is 0. The first-order valence-electron chi connectivity index (χ1n) is 4.62. The van der Waals surface area contributed by atoms with Gasteiger partial charge in [0.25, 0.3) is 0 Å². The van der Waals surface area contributed by atoms with Crippen molar-refractivity contribution in [3.63, 3.8) is 0 Å². The van der Waals surface area contributed by atoms with E-state index >= 15 is 0 Å². The molecule has 0 saturated heterocycles. The lowest BCUT2D eigenvalue weighted by Gasteiger charge is -2.05. The monoisotopic (exact) mass is 195 g/mol. The molecule has 1 rings (SSSR count). The van der Waals surface area contributed by atoms with E-state index in [1.165, 1.54) is 11.1 Å². The largest absolute Gasteiger partial charge is 0.326 e. The molecule has 0 heterocycles. The smallest absolute Gasteiger partial charge is 0.0187 e. The Morgan fingerprint density at radius 1 is 1.31 bits per heavy atom. The first-order chi connectivity index (χ1) is 6.22. The summed E-state index contributed by atoms with van der Waals surface area (Å²) < 4.78 is 0. The Labute approximate surface area is 84.7 Å². The highest BCUT2D eigenvalue weighted by atomic mass is 32.2. The van der Waals surface area contributed by atoms with Crippen LogP contribution in [0.15, 0.2) is 24.3 Å². The van der Waals surface area contributed by atoms with E-state index in [1.807, 2.05) is 11.8 Å². The van der Waals surface area contributed by atoms with Crippen LogP contribution in [-0.2, 0) is 12.3 Å². The molecule has 0 bridgehead atoms. The van der Waals surface area contributed by atoms with E-state index in [-0.39, 0.29) is 0 Å². The first kappa shape index (κ1) is 10.6. The minimum absolute atomic E-state index is 0.639. The molecule has 1 aromatic rings. The normalized spacial score (nSPS) is 10.8. The molecule has 0 aliphatic carbocycles. The van der Waals surface area contributed by atoms with Crippen LogP contribution in [0, 0.1) is 0 Å². The molecule has 0 amide bonds. The van der Waals surface area contributed by atoms with Gasteiger partial charge in [-0.15, -0.1) is 0 Å². The Kier molecular flexibility index (Phi) is 4.33. The average molecular weight is 195 g/mol. The summed E-state index contributed by atoms with van der Waals surface area (Å²) >= 11 is 1.96. The molecule has 0 aliphatic heterocycles. The molecule has 0 spiro atoms. The van der Waals surface area contributed by atoms with Crippen LogP contribution in [-0.4, -0.2) is 5.25 Å². The van der Waals surface area contributed by atoms with Crippen LogP contribution in [0.3, 0.4) is 0 Å². The van der Waals surface area contributed by atoms with Crippen molar-refractivity contribution in [1.29, 1.82) is 0 Å². The molecule has 0 aliphatic rings. The Morgan fingerprint density at radius 3 is 2.62 bits per heavy atom. The first-order valence-corrected chi connectivity index (χ1v) is 5.66. The van der Waals surface area contributed by atoms with E-state index in [0.717, 1.165) is 5.75 Å². The van der Waals surface area contributed by atoms with E-state index in [4.69, 9.17) is 5.73 Å². The van der Waals surface area contributed by atoms with Gasteiger partial charge in [-0.3, -0.25) is 0 Å². The summed E-state index contributed by atoms with van der Waals surface area (Å²) in [6.45, 7) is 5.08. The summed E-state index contributed by atoms with van der Waals surface area (Å²) in [7, 11) is 0. The van der Waals surface area contributed by atoms with Gasteiger partial charge in [0.05, 0.1) is 0 Å². The molecule has 0 unspecified atom stereocenters. The molecule has 2 N–H and O–H groups in total. The minimum atomic E-state index is 0.639. The number of benzene rings is 1. The van der Waals surface area contributed by atoms with E-state index in [9.17, 15) is 0 Å². The maximum atomic E-state index is 5.57. The Balaban J connectivity index is 2.56. The molecule has 72 valence electrons. The highest BCUT2D eigenvalue weighted by Crippen LogP contribution is 2.17. The molecule has 0 atom stereocenters. The SMILES string of the molecule is CC(C)SCc1cccc(CN)c1. The number of hydrogen-bond acceptors (Lipinski definition) is 2. The second-order valence-corrected chi connectivity index (χ2v) is 4.95. The molecule has 0 radical (unpaired) electrons. The number of nitrogens with two attached hydrogens (primary N) is 1. The van der Waals surface area contributed by atoms with Crippen LogP contribution in [0.5, 0.6) is 0 Å². The Morgan fingerprint density at radius 2 is 2.00 bits per heavy atom. The molecular weight excluding hydrogens is 178 g/mol. The fourth-order valence-corrected chi connectivity index (χ4v) is 1.81. The topological polar surface area (TPSA) is 26.0 Å². The van der Waals surface area contributed by atoms with Crippen LogP contribution in [0.2, 0.25) is 0 Å². The van der Waals surface area contributed by atoms with Crippen molar-refractivity contribution in [2.45, 2.75) is 31.4 Å². The standard InChI is InChI=1S/C11H17NS/c1-9(2)13-8-11-5-3-4-10(6-11)7-12/h3-6,9H,7-8,12H2,1-2H3.